The fourth-order valence-corrected chi connectivity index (χ4v) is 9.76. The van der Waals surface area contributed by atoms with Gasteiger partial charge in [-0.05, 0) is 84.1 Å². The molecule has 2 heterocycles. The molecule has 0 bridgehead atoms. The van der Waals surface area contributed by atoms with Crippen molar-refractivity contribution in [3.05, 3.63) is 114 Å². The monoisotopic (exact) mass is 772 g/mol. The highest BCUT2D eigenvalue weighted by molar-refractivity contribution is 6.74. The first-order valence-corrected chi connectivity index (χ1v) is 23.4. The molecule has 3 aromatic rings. The zero-order valence-electron chi connectivity index (χ0n) is 35.0. The Morgan fingerprint density at radius 3 is 2.00 bits per heavy atom. The van der Waals surface area contributed by atoms with E-state index in [0.29, 0.717) is 18.9 Å². The molecule has 1 unspecified atom stereocenters. The van der Waals surface area contributed by atoms with Crippen LogP contribution in [0.3, 0.4) is 0 Å². The summed E-state index contributed by atoms with van der Waals surface area (Å²) in [6, 6.07) is 29.2. The average Bonchev–Trinajstić information content (AvgIpc) is 3.51. The van der Waals surface area contributed by atoms with Crippen LogP contribution in [-0.4, -0.2) is 77.5 Å². The minimum Gasteiger partial charge on any atom is -0.497 e. The lowest BCUT2D eigenvalue weighted by Crippen LogP contribution is -2.45. The van der Waals surface area contributed by atoms with E-state index in [4.69, 9.17) is 28.1 Å². The molecule has 2 aliphatic heterocycles. The van der Waals surface area contributed by atoms with Crippen LogP contribution in [0.1, 0.15) is 89.8 Å². The summed E-state index contributed by atoms with van der Waals surface area (Å²) >= 11 is 0. The Kier molecular flexibility index (Phi) is 15.0. The third kappa shape index (κ3) is 10.0. The van der Waals surface area contributed by atoms with Crippen molar-refractivity contribution in [3.63, 3.8) is 0 Å². The van der Waals surface area contributed by atoms with E-state index in [-0.39, 0.29) is 54.2 Å². The van der Waals surface area contributed by atoms with Crippen molar-refractivity contribution in [2.24, 2.45) is 11.8 Å². The maximum atomic E-state index is 10.7. The molecule has 0 aliphatic carbocycles. The summed E-state index contributed by atoms with van der Waals surface area (Å²) in [7, 11) is 1.46. The molecule has 2 saturated heterocycles. The van der Waals surface area contributed by atoms with Gasteiger partial charge in [-0.1, -0.05) is 114 Å². The molecule has 0 amide bonds. The molecule has 302 valence electrons. The Labute approximate surface area is 332 Å². The lowest BCUT2D eigenvalue weighted by atomic mass is 9.80. The van der Waals surface area contributed by atoms with Crippen molar-refractivity contribution in [2.45, 2.75) is 134 Å². The van der Waals surface area contributed by atoms with Crippen molar-refractivity contribution in [2.75, 3.05) is 27.4 Å². The number of rotatable bonds is 18. The van der Waals surface area contributed by atoms with Crippen LogP contribution in [0.2, 0.25) is 18.1 Å². The van der Waals surface area contributed by atoms with Crippen molar-refractivity contribution >= 4 is 8.32 Å². The van der Waals surface area contributed by atoms with Crippen molar-refractivity contribution < 1.29 is 33.2 Å². The maximum Gasteiger partial charge on any atom is 0.192 e. The van der Waals surface area contributed by atoms with E-state index in [1.807, 2.05) is 24.3 Å². The van der Waals surface area contributed by atoms with Crippen LogP contribution in [0.5, 0.6) is 5.75 Å². The molecule has 7 nitrogen and oxygen atoms in total. The quantitative estimate of drug-likeness (QED) is 0.0597. The van der Waals surface area contributed by atoms with Gasteiger partial charge in [0.15, 0.2) is 8.32 Å². The van der Waals surface area contributed by atoms with E-state index in [0.717, 1.165) is 60.1 Å². The zero-order valence-corrected chi connectivity index (χ0v) is 36.0. The molecule has 8 heteroatoms. The van der Waals surface area contributed by atoms with Gasteiger partial charge in [-0.3, -0.25) is 0 Å². The summed E-state index contributed by atoms with van der Waals surface area (Å²) < 4.78 is 39.2. The molecule has 0 spiro atoms. The first kappa shape index (κ1) is 43.3. The molecule has 8 atom stereocenters. The molecule has 1 N–H and O–H groups in total. The van der Waals surface area contributed by atoms with Crippen LogP contribution in [0.15, 0.2) is 97.1 Å². The predicted molar refractivity (Wildman–Crippen MR) is 224 cm³/mol. The van der Waals surface area contributed by atoms with Crippen molar-refractivity contribution in [1.82, 2.24) is 0 Å². The van der Waals surface area contributed by atoms with E-state index in [1.54, 1.807) is 14.2 Å². The number of aliphatic hydroxyl groups excluding tert-OH is 1. The number of hydrogen-bond donors (Lipinski definition) is 1. The fraction of sp³-hybridized carbons (Fsp3) is 0.574. The Bertz CT molecular complexity index is 1570. The van der Waals surface area contributed by atoms with Crippen molar-refractivity contribution in [3.8, 4) is 5.75 Å². The highest BCUT2D eigenvalue weighted by Gasteiger charge is 2.48. The standard InChI is InChI=1S/C47H68O7Si/c1-11-38(54-55(9,10)46(4,5)6)30-44-45(50-8)41(32-48)43(53-44)31-42-34(3)33(2)29-40(52-42)23-18-28-51-47(35-19-14-12-15-20-35,36-21-16-13-17-22-36)37-24-26-39(49-7)27-25-37/h12-17,19-22,24-27,33,38,40-45,48H,3,11,18,23,28-32H2,1-2,4-10H3/t33-,38-,40+,41+,42?,43+,44-,45-/m1/s1. The largest absolute Gasteiger partial charge is 0.497 e. The summed E-state index contributed by atoms with van der Waals surface area (Å²) in [5.41, 5.74) is 3.50. The molecule has 3 aromatic carbocycles. The lowest BCUT2D eigenvalue weighted by Gasteiger charge is -2.40. The maximum absolute atomic E-state index is 10.7. The van der Waals surface area contributed by atoms with Gasteiger partial charge >= 0.3 is 0 Å². The molecule has 2 aliphatic rings. The van der Waals surface area contributed by atoms with Gasteiger partial charge in [0.25, 0.3) is 0 Å². The van der Waals surface area contributed by atoms with Gasteiger partial charge in [0, 0.05) is 38.6 Å². The number of ether oxygens (including phenoxy) is 5. The number of benzene rings is 3. The Hall–Kier alpha value is -2.82. The van der Waals surface area contributed by atoms with Gasteiger partial charge in [-0.25, -0.2) is 0 Å². The smallest absolute Gasteiger partial charge is 0.192 e. The van der Waals surface area contributed by atoms with Crippen LogP contribution in [-0.2, 0) is 29.0 Å². The highest BCUT2D eigenvalue weighted by Crippen LogP contribution is 2.43. The first-order chi connectivity index (χ1) is 26.3. The second-order valence-electron chi connectivity index (χ2n) is 17.2. The molecule has 5 rings (SSSR count). The number of hydrogen-bond acceptors (Lipinski definition) is 7. The van der Waals surface area contributed by atoms with Gasteiger partial charge in [-0.2, -0.15) is 0 Å². The molecule has 55 heavy (non-hydrogen) atoms. The average molecular weight is 773 g/mol. The summed E-state index contributed by atoms with van der Waals surface area (Å²) in [4.78, 5) is 0. The van der Waals surface area contributed by atoms with E-state index in [9.17, 15) is 5.11 Å². The molecular weight excluding hydrogens is 705 g/mol. The second kappa shape index (κ2) is 19.1. The van der Waals surface area contributed by atoms with Gasteiger partial charge in [0.1, 0.15) is 11.4 Å². The van der Waals surface area contributed by atoms with E-state index in [2.05, 4.69) is 115 Å². The van der Waals surface area contributed by atoms with Gasteiger partial charge < -0.3 is 33.2 Å². The van der Waals surface area contributed by atoms with Crippen LogP contribution < -0.4 is 4.74 Å². The lowest BCUT2D eigenvalue weighted by molar-refractivity contribution is -0.0784. The van der Waals surface area contributed by atoms with Gasteiger partial charge in [0.05, 0.1) is 44.2 Å². The topological polar surface area (TPSA) is 75.6 Å². The van der Waals surface area contributed by atoms with Crippen LogP contribution >= 0.6 is 0 Å². The Balaban J connectivity index is 1.27. The van der Waals surface area contributed by atoms with Crippen LogP contribution in [0.4, 0.5) is 0 Å². The first-order valence-electron chi connectivity index (χ1n) is 20.5. The minimum atomic E-state index is -1.97. The highest BCUT2D eigenvalue weighted by atomic mass is 28.4. The van der Waals surface area contributed by atoms with E-state index >= 15 is 0 Å². The van der Waals surface area contributed by atoms with Crippen LogP contribution in [0, 0.1) is 11.8 Å². The summed E-state index contributed by atoms with van der Waals surface area (Å²) in [6.45, 7) is 20.9. The molecular formula is C47H68O7Si. The van der Waals surface area contributed by atoms with Crippen molar-refractivity contribution in [1.29, 1.82) is 0 Å². The Morgan fingerprint density at radius 2 is 1.47 bits per heavy atom. The predicted octanol–water partition coefficient (Wildman–Crippen LogP) is 10.1. The molecule has 0 radical (unpaired) electrons. The summed E-state index contributed by atoms with van der Waals surface area (Å²) in [5.74, 6) is 0.964. The van der Waals surface area contributed by atoms with Crippen LogP contribution in [0.25, 0.3) is 0 Å². The minimum absolute atomic E-state index is 0.00610. The van der Waals surface area contributed by atoms with E-state index in [1.165, 1.54) is 0 Å². The second-order valence-corrected chi connectivity index (χ2v) is 22.0. The molecule has 0 aromatic heterocycles. The summed E-state index contributed by atoms with van der Waals surface area (Å²) in [5, 5.41) is 10.8. The fourth-order valence-electron chi connectivity index (χ4n) is 8.31. The SMILES string of the molecule is C=C1C(C[C@@H]2O[C@H](C[C@@H](CC)O[Si](C)(C)C(C)(C)C)[C@H](OC)[C@H]2CO)O[C@@H](CCCOC(c2ccccc2)(c2ccccc2)c2ccc(OC)cc2)C[C@H]1C. The molecule has 2 fully saturated rings. The zero-order chi connectivity index (χ0) is 39.8. The third-order valence-electron chi connectivity index (χ3n) is 12.6. The van der Waals surface area contributed by atoms with Gasteiger partial charge in [-0.15, -0.1) is 0 Å². The third-order valence-corrected chi connectivity index (χ3v) is 17.2. The normalized spacial score (nSPS) is 25.6. The number of aliphatic hydroxyl groups is 1. The number of methoxy groups -OCH3 is 2. The summed E-state index contributed by atoms with van der Waals surface area (Å²) in [6.07, 6.45) is 4.27. The van der Waals surface area contributed by atoms with E-state index < -0.39 is 13.9 Å². The Morgan fingerprint density at radius 1 is 0.873 bits per heavy atom. The van der Waals surface area contributed by atoms with Gasteiger partial charge in [0.2, 0.25) is 0 Å². The molecule has 0 saturated carbocycles.